The number of carbonyl (C=O) groups is 3. The molecule has 0 aromatic heterocycles. The molecule has 5 nitrogen and oxygen atoms in total. The molecule has 6 heteroatoms. The Kier molecular flexibility index (Phi) is 5.14. The highest BCUT2D eigenvalue weighted by atomic mass is 35.5. The Morgan fingerprint density at radius 2 is 1.60 bits per heavy atom. The van der Waals surface area contributed by atoms with Crippen LogP contribution in [-0.2, 0) is 9.59 Å². The number of imide groups is 1. The number of hydrogen-bond acceptors (Lipinski definition) is 4. The second kappa shape index (κ2) is 7.49. The zero-order valence-electron chi connectivity index (χ0n) is 13.4. The molecule has 3 rings (SSSR count). The molecule has 0 bridgehead atoms. The van der Waals surface area contributed by atoms with Gasteiger partial charge in [-0.2, -0.15) is 0 Å². The van der Waals surface area contributed by atoms with Crippen LogP contribution in [0.5, 0.6) is 5.75 Å². The number of nitrogens with zero attached hydrogens (tertiary/aromatic N) is 1. The first kappa shape index (κ1) is 17.2. The first-order valence-electron chi connectivity index (χ1n) is 7.91. The molecule has 1 aliphatic rings. The standard InChI is InChI=1S/C19H16ClNO4/c20-15-7-3-13(4-8-15)19(24)14-5-9-16(10-6-14)25-12-18(23)21-11-1-2-17(21)22/h3-10H,1-2,11-12H2. The van der Waals surface area contributed by atoms with Crippen LogP contribution in [0.3, 0.4) is 0 Å². The summed E-state index contributed by atoms with van der Waals surface area (Å²) in [6.45, 7) is 0.256. The summed E-state index contributed by atoms with van der Waals surface area (Å²) < 4.78 is 5.41. The van der Waals surface area contributed by atoms with Gasteiger partial charge in [-0.15, -0.1) is 0 Å². The van der Waals surface area contributed by atoms with E-state index in [9.17, 15) is 14.4 Å². The molecule has 0 aliphatic carbocycles. The molecule has 0 spiro atoms. The van der Waals surface area contributed by atoms with E-state index in [0.29, 0.717) is 41.3 Å². The molecule has 0 radical (unpaired) electrons. The lowest BCUT2D eigenvalue weighted by molar-refractivity contribution is -0.143. The topological polar surface area (TPSA) is 63.7 Å². The molecule has 0 unspecified atom stereocenters. The zero-order valence-corrected chi connectivity index (χ0v) is 14.2. The fourth-order valence-electron chi connectivity index (χ4n) is 2.61. The van der Waals surface area contributed by atoms with Gasteiger partial charge >= 0.3 is 0 Å². The van der Waals surface area contributed by atoms with Crippen LogP contribution in [0.15, 0.2) is 48.5 Å². The zero-order chi connectivity index (χ0) is 17.8. The van der Waals surface area contributed by atoms with Crippen LogP contribution >= 0.6 is 11.6 Å². The van der Waals surface area contributed by atoms with Gasteiger partial charge in [0.05, 0.1) is 0 Å². The maximum Gasteiger partial charge on any atom is 0.267 e. The lowest BCUT2D eigenvalue weighted by Crippen LogP contribution is -2.35. The highest BCUT2D eigenvalue weighted by Crippen LogP contribution is 2.18. The Morgan fingerprint density at radius 1 is 1.00 bits per heavy atom. The van der Waals surface area contributed by atoms with Crippen molar-refractivity contribution in [1.82, 2.24) is 4.90 Å². The number of hydrogen-bond donors (Lipinski definition) is 0. The molecule has 2 aromatic rings. The number of rotatable bonds is 5. The summed E-state index contributed by atoms with van der Waals surface area (Å²) in [6, 6.07) is 13.2. The Balaban J connectivity index is 1.60. The Bertz CT molecular complexity index is 799. The third-order valence-electron chi connectivity index (χ3n) is 3.96. The molecular weight excluding hydrogens is 342 g/mol. The van der Waals surface area contributed by atoms with Crippen molar-refractivity contribution in [3.63, 3.8) is 0 Å². The van der Waals surface area contributed by atoms with E-state index >= 15 is 0 Å². The quantitative estimate of drug-likeness (QED) is 0.771. The van der Waals surface area contributed by atoms with Gasteiger partial charge in [0.1, 0.15) is 5.75 Å². The van der Waals surface area contributed by atoms with E-state index in [0.717, 1.165) is 0 Å². The Morgan fingerprint density at radius 3 is 2.16 bits per heavy atom. The highest BCUT2D eigenvalue weighted by Gasteiger charge is 2.26. The summed E-state index contributed by atoms with van der Waals surface area (Å²) in [7, 11) is 0. The number of ether oxygens (including phenoxy) is 1. The minimum Gasteiger partial charge on any atom is -0.484 e. The maximum atomic E-state index is 12.4. The van der Waals surface area contributed by atoms with Gasteiger partial charge in [0.2, 0.25) is 5.91 Å². The first-order valence-corrected chi connectivity index (χ1v) is 8.29. The van der Waals surface area contributed by atoms with E-state index < -0.39 is 0 Å². The van der Waals surface area contributed by atoms with Crippen molar-refractivity contribution in [3.05, 3.63) is 64.7 Å². The van der Waals surface area contributed by atoms with Gasteiger partial charge in [-0.25, -0.2) is 0 Å². The average Bonchev–Trinajstić information content (AvgIpc) is 3.06. The molecule has 128 valence electrons. The first-order chi connectivity index (χ1) is 12.0. The summed E-state index contributed by atoms with van der Waals surface area (Å²) in [4.78, 5) is 37.0. The van der Waals surface area contributed by atoms with Gasteiger partial charge in [0, 0.05) is 29.1 Å². The minimum atomic E-state index is -0.344. The molecule has 1 aliphatic heterocycles. The number of carbonyl (C=O) groups excluding carboxylic acids is 3. The predicted octanol–water partition coefficient (Wildman–Crippen LogP) is 3.10. The van der Waals surface area contributed by atoms with Crippen molar-refractivity contribution in [1.29, 1.82) is 0 Å². The van der Waals surface area contributed by atoms with Gasteiger partial charge in [0.15, 0.2) is 12.4 Å². The summed E-state index contributed by atoms with van der Waals surface area (Å²) >= 11 is 5.82. The number of likely N-dealkylation sites (tertiary alicyclic amines) is 1. The monoisotopic (exact) mass is 357 g/mol. The number of amides is 2. The van der Waals surface area contributed by atoms with Crippen LogP contribution in [0.25, 0.3) is 0 Å². The van der Waals surface area contributed by atoms with Crippen molar-refractivity contribution in [2.24, 2.45) is 0 Å². The molecule has 2 amide bonds. The van der Waals surface area contributed by atoms with E-state index in [4.69, 9.17) is 16.3 Å². The highest BCUT2D eigenvalue weighted by molar-refractivity contribution is 6.30. The predicted molar refractivity (Wildman–Crippen MR) is 92.8 cm³/mol. The molecule has 2 aromatic carbocycles. The van der Waals surface area contributed by atoms with Crippen LogP contribution in [0.2, 0.25) is 5.02 Å². The fourth-order valence-corrected chi connectivity index (χ4v) is 2.73. The van der Waals surface area contributed by atoms with Crippen molar-refractivity contribution in [2.45, 2.75) is 12.8 Å². The number of ketones is 1. The molecule has 25 heavy (non-hydrogen) atoms. The minimum absolute atomic E-state index is 0.123. The smallest absolute Gasteiger partial charge is 0.267 e. The lowest BCUT2D eigenvalue weighted by Gasteiger charge is -2.14. The van der Waals surface area contributed by atoms with Crippen molar-refractivity contribution in [2.75, 3.05) is 13.2 Å². The molecular formula is C19H16ClNO4. The largest absolute Gasteiger partial charge is 0.484 e. The Hall–Kier alpha value is -2.66. The number of benzene rings is 2. The van der Waals surface area contributed by atoms with Crippen LogP contribution in [0.4, 0.5) is 0 Å². The molecule has 1 heterocycles. The second-order valence-corrected chi connectivity index (χ2v) is 6.13. The number of halogens is 1. The van der Waals surface area contributed by atoms with E-state index in [2.05, 4.69) is 0 Å². The van der Waals surface area contributed by atoms with Crippen LogP contribution in [-0.4, -0.2) is 35.6 Å². The van der Waals surface area contributed by atoms with E-state index in [1.807, 2.05) is 0 Å². The summed E-state index contributed by atoms with van der Waals surface area (Å²) in [6.07, 6.45) is 1.11. The second-order valence-electron chi connectivity index (χ2n) is 5.69. The van der Waals surface area contributed by atoms with Crippen LogP contribution in [0, 0.1) is 0 Å². The lowest BCUT2D eigenvalue weighted by atomic mass is 10.0. The molecule has 1 fully saturated rings. The van der Waals surface area contributed by atoms with Crippen LogP contribution < -0.4 is 4.74 Å². The van der Waals surface area contributed by atoms with E-state index in [1.165, 1.54) is 4.90 Å². The van der Waals surface area contributed by atoms with E-state index in [-0.39, 0.29) is 24.2 Å². The van der Waals surface area contributed by atoms with Gasteiger partial charge in [0.25, 0.3) is 5.91 Å². The third kappa shape index (κ3) is 4.06. The SMILES string of the molecule is O=C(c1ccc(Cl)cc1)c1ccc(OCC(=O)N2CCCC2=O)cc1. The van der Waals surface area contributed by atoms with Gasteiger partial charge in [-0.1, -0.05) is 11.6 Å². The average molecular weight is 358 g/mol. The summed E-state index contributed by atoms with van der Waals surface area (Å²) in [5.41, 5.74) is 1.05. The van der Waals surface area contributed by atoms with Crippen molar-refractivity contribution < 1.29 is 19.1 Å². The third-order valence-corrected chi connectivity index (χ3v) is 4.21. The van der Waals surface area contributed by atoms with Crippen molar-refractivity contribution in [3.8, 4) is 5.75 Å². The Labute approximate surface area is 150 Å². The molecule has 1 saturated heterocycles. The molecule has 0 N–H and O–H groups in total. The van der Waals surface area contributed by atoms with Gasteiger partial charge < -0.3 is 4.74 Å². The molecule has 0 saturated carbocycles. The normalized spacial score (nSPS) is 13.8. The summed E-state index contributed by atoms with van der Waals surface area (Å²) in [5, 5.41) is 0.571. The van der Waals surface area contributed by atoms with E-state index in [1.54, 1.807) is 48.5 Å². The maximum absolute atomic E-state index is 12.4. The van der Waals surface area contributed by atoms with Crippen molar-refractivity contribution >= 4 is 29.2 Å². The fraction of sp³-hybridized carbons (Fsp3) is 0.211. The van der Waals surface area contributed by atoms with Gasteiger partial charge in [-0.3, -0.25) is 19.3 Å². The van der Waals surface area contributed by atoms with Gasteiger partial charge in [-0.05, 0) is 55.0 Å². The molecule has 0 atom stereocenters. The summed E-state index contributed by atoms with van der Waals surface area (Å²) in [5.74, 6) is -0.157. The van der Waals surface area contributed by atoms with Crippen LogP contribution in [0.1, 0.15) is 28.8 Å².